The second-order valence-electron chi connectivity index (χ2n) is 4.11. The summed E-state index contributed by atoms with van der Waals surface area (Å²) < 4.78 is 2.03. The second kappa shape index (κ2) is 6.12. The summed E-state index contributed by atoms with van der Waals surface area (Å²) in [7, 11) is 0. The van der Waals surface area contributed by atoms with Gasteiger partial charge >= 0.3 is 0 Å². The molecule has 94 valence electrons. The lowest BCUT2D eigenvalue weighted by atomic mass is 10.1. The van der Waals surface area contributed by atoms with Gasteiger partial charge in [-0.1, -0.05) is 36.9 Å². The molecular formula is C14H18N4. The van der Waals surface area contributed by atoms with Crippen molar-refractivity contribution in [2.24, 2.45) is 0 Å². The first-order valence-electron chi connectivity index (χ1n) is 6.12. The average Bonchev–Trinajstić information content (AvgIpc) is 2.87. The van der Waals surface area contributed by atoms with Gasteiger partial charge in [-0.05, 0) is 18.1 Å². The zero-order valence-corrected chi connectivity index (χ0v) is 10.6. The summed E-state index contributed by atoms with van der Waals surface area (Å²) in [6, 6.07) is 10.2. The Kier molecular flexibility index (Phi) is 4.25. The van der Waals surface area contributed by atoms with Crippen molar-refractivity contribution in [3.8, 4) is 0 Å². The Morgan fingerprint density at radius 2 is 2.11 bits per heavy atom. The first-order chi connectivity index (χ1) is 8.81. The van der Waals surface area contributed by atoms with E-state index in [0.29, 0.717) is 6.54 Å². The maximum absolute atomic E-state index is 4.08. The lowest BCUT2D eigenvalue weighted by Gasteiger charge is -2.08. The number of hydrogen-bond donors (Lipinski definition) is 1. The van der Waals surface area contributed by atoms with Crippen LogP contribution in [0.3, 0.4) is 0 Å². The number of nitrogens with zero attached hydrogens (tertiary/aromatic N) is 3. The molecule has 18 heavy (non-hydrogen) atoms. The molecule has 1 heterocycles. The summed E-state index contributed by atoms with van der Waals surface area (Å²) in [4.78, 5) is 0. The smallest absolute Gasteiger partial charge is 0.146 e. The van der Waals surface area contributed by atoms with Gasteiger partial charge in [0.25, 0.3) is 0 Å². The maximum Gasteiger partial charge on any atom is 0.146 e. The van der Waals surface area contributed by atoms with Crippen LogP contribution in [0.25, 0.3) is 5.57 Å². The third-order valence-electron chi connectivity index (χ3n) is 2.84. The van der Waals surface area contributed by atoms with Crippen molar-refractivity contribution in [3.05, 3.63) is 54.6 Å². The zero-order chi connectivity index (χ0) is 12.8. The monoisotopic (exact) mass is 242 g/mol. The predicted octanol–water partition coefficient (Wildman–Crippen LogP) is 2.10. The Hall–Kier alpha value is -1.94. The standard InChI is InChI=1S/C14H18N4/c1-3-18-11-16-17-14(18)10-15-9-12(2)13-7-5-4-6-8-13/h4-8,11,15H,2-3,9-10H2,1H3. The van der Waals surface area contributed by atoms with E-state index in [-0.39, 0.29) is 0 Å². The highest BCUT2D eigenvalue weighted by atomic mass is 15.3. The Morgan fingerprint density at radius 3 is 2.83 bits per heavy atom. The van der Waals surface area contributed by atoms with Gasteiger partial charge in [0, 0.05) is 13.1 Å². The van der Waals surface area contributed by atoms with Gasteiger partial charge < -0.3 is 9.88 Å². The van der Waals surface area contributed by atoms with Crippen LogP contribution in [0.5, 0.6) is 0 Å². The van der Waals surface area contributed by atoms with E-state index in [0.717, 1.165) is 24.5 Å². The van der Waals surface area contributed by atoms with Crippen LogP contribution in [-0.2, 0) is 13.1 Å². The van der Waals surface area contributed by atoms with Crippen molar-refractivity contribution < 1.29 is 0 Å². The molecule has 0 spiro atoms. The minimum absolute atomic E-state index is 0.708. The van der Waals surface area contributed by atoms with Gasteiger partial charge in [0.1, 0.15) is 12.2 Å². The number of hydrogen-bond acceptors (Lipinski definition) is 3. The van der Waals surface area contributed by atoms with E-state index in [2.05, 4.69) is 41.1 Å². The molecule has 1 aromatic carbocycles. The van der Waals surface area contributed by atoms with Crippen LogP contribution < -0.4 is 5.32 Å². The number of nitrogens with one attached hydrogen (secondary N) is 1. The number of aryl methyl sites for hydroxylation is 1. The Balaban J connectivity index is 1.84. The van der Waals surface area contributed by atoms with Crippen molar-refractivity contribution >= 4 is 5.57 Å². The molecule has 0 fully saturated rings. The molecule has 2 rings (SSSR count). The van der Waals surface area contributed by atoms with Gasteiger partial charge in [-0.15, -0.1) is 10.2 Å². The van der Waals surface area contributed by atoms with Crippen LogP contribution in [-0.4, -0.2) is 21.3 Å². The molecule has 0 bridgehead atoms. The molecule has 0 radical (unpaired) electrons. The van der Waals surface area contributed by atoms with Gasteiger partial charge in [-0.2, -0.15) is 0 Å². The molecule has 0 saturated heterocycles. The fourth-order valence-electron chi connectivity index (χ4n) is 1.78. The van der Waals surface area contributed by atoms with E-state index < -0.39 is 0 Å². The molecule has 2 aromatic rings. The summed E-state index contributed by atoms with van der Waals surface area (Å²) in [5.74, 6) is 0.957. The van der Waals surface area contributed by atoms with Crippen molar-refractivity contribution in [1.29, 1.82) is 0 Å². The Labute approximate surface area is 107 Å². The largest absolute Gasteiger partial charge is 0.317 e. The summed E-state index contributed by atoms with van der Waals surface area (Å²) in [5, 5.41) is 11.3. The molecule has 0 amide bonds. The van der Waals surface area contributed by atoms with E-state index >= 15 is 0 Å². The molecule has 0 unspecified atom stereocenters. The molecule has 0 aliphatic rings. The lowest BCUT2D eigenvalue weighted by molar-refractivity contribution is 0.643. The molecule has 0 aliphatic heterocycles. The second-order valence-corrected chi connectivity index (χ2v) is 4.11. The van der Waals surface area contributed by atoms with E-state index in [1.165, 1.54) is 5.56 Å². The zero-order valence-electron chi connectivity index (χ0n) is 10.6. The van der Waals surface area contributed by atoms with Crippen LogP contribution in [0.1, 0.15) is 18.3 Å². The first-order valence-corrected chi connectivity index (χ1v) is 6.12. The summed E-state index contributed by atoms with van der Waals surface area (Å²) >= 11 is 0. The molecule has 1 N–H and O–H groups in total. The predicted molar refractivity (Wildman–Crippen MR) is 72.9 cm³/mol. The fraction of sp³-hybridized carbons (Fsp3) is 0.286. The third-order valence-corrected chi connectivity index (χ3v) is 2.84. The van der Waals surface area contributed by atoms with Gasteiger partial charge in [-0.3, -0.25) is 0 Å². The SMILES string of the molecule is C=C(CNCc1nncn1CC)c1ccccc1. The lowest BCUT2D eigenvalue weighted by Crippen LogP contribution is -2.18. The summed E-state index contributed by atoms with van der Waals surface area (Å²) in [6.45, 7) is 8.51. The fourth-order valence-corrected chi connectivity index (χ4v) is 1.78. The highest BCUT2D eigenvalue weighted by molar-refractivity contribution is 5.64. The van der Waals surface area contributed by atoms with Gasteiger partial charge in [0.05, 0.1) is 6.54 Å². The molecule has 4 nitrogen and oxygen atoms in total. The molecule has 0 aliphatic carbocycles. The minimum atomic E-state index is 0.708. The van der Waals surface area contributed by atoms with Gasteiger partial charge in [-0.25, -0.2) is 0 Å². The number of aromatic nitrogens is 3. The van der Waals surface area contributed by atoms with Crippen LogP contribution in [0.2, 0.25) is 0 Å². The van der Waals surface area contributed by atoms with Gasteiger partial charge in [0.15, 0.2) is 0 Å². The van der Waals surface area contributed by atoms with Gasteiger partial charge in [0.2, 0.25) is 0 Å². The van der Waals surface area contributed by atoms with Crippen molar-refractivity contribution in [1.82, 2.24) is 20.1 Å². The van der Waals surface area contributed by atoms with E-state index in [4.69, 9.17) is 0 Å². The van der Waals surface area contributed by atoms with Crippen LogP contribution in [0.15, 0.2) is 43.2 Å². The Morgan fingerprint density at radius 1 is 1.33 bits per heavy atom. The Bertz CT molecular complexity index is 502. The van der Waals surface area contributed by atoms with Crippen LogP contribution in [0, 0.1) is 0 Å². The van der Waals surface area contributed by atoms with E-state index in [1.807, 2.05) is 22.8 Å². The normalized spacial score (nSPS) is 10.5. The molecule has 4 heteroatoms. The topological polar surface area (TPSA) is 42.7 Å². The molecule has 0 saturated carbocycles. The van der Waals surface area contributed by atoms with Crippen molar-refractivity contribution in [2.45, 2.75) is 20.0 Å². The first kappa shape index (κ1) is 12.5. The maximum atomic E-state index is 4.08. The van der Waals surface area contributed by atoms with Crippen LogP contribution >= 0.6 is 0 Å². The number of rotatable bonds is 6. The quantitative estimate of drug-likeness (QED) is 0.843. The van der Waals surface area contributed by atoms with E-state index in [1.54, 1.807) is 6.33 Å². The average molecular weight is 242 g/mol. The van der Waals surface area contributed by atoms with Crippen molar-refractivity contribution in [3.63, 3.8) is 0 Å². The molecular weight excluding hydrogens is 224 g/mol. The highest BCUT2D eigenvalue weighted by Gasteiger charge is 2.02. The summed E-state index contributed by atoms with van der Waals surface area (Å²) in [5.41, 5.74) is 2.25. The van der Waals surface area contributed by atoms with E-state index in [9.17, 15) is 0 Å². The third kappa shape index (κ3) is 3.05. The van der Waals surface area contributed by atoms with Crippen molar-refractivity contribution in [2.75, 3.05) is 6.54 Å². The summed E-state index contributed by atoms with van der Waals surface area (Å²) in [6.07, 6.45) is 1.75. The molecule has 1 aromatic heterocycles. The molecule has 0 atom stereocenters. The highest BCUT2D eigenvalue weighted by Crippen LogP contribution is 2.10. The minimum Gasteiger partial charge on any atom is -0.317 e. The van der Waals surface area contributed by atoms with Crippen LogP contribution in [0.4, 0.5) is 0 Å². The number of benzene rings is 1.